The highest BCUT2D eigenvalue weighted by atomic mass is 16.5. The van der Waals surface area contributed by atoms with Crippen molar-refractivity contribution in [2.75, 3.05) is 13.1 Å². The first-order chi connectivity index (χ1) is 7.83. The molecular formula is C11H18N4O. The Kier molecular flexibility index (Phi) is 3.66. The fraction of sp³-hybridized carbons (Fsp3) is 0.727. The zero-order valence-corrected chi connectivity index (χ0v) is 9.86. The molecule has 1 aliphatic heterocycles. The van der Waals surface area contributed by atoms with E-state index < -0.39 is 0 Å². The molecule has 1 fully saturated rings. The van der Waals surface area contributed by atoms with Crippen molar-refractivity contribution in [2.45, 2.75) is 39.2 Å². The lowest BCUT2D eigenvalue weighted by Crippen LogP contribution is -2.21. The third-order valence-corrected chi connectivity index (χ3v) is 2.78. The van der Waals surface area contributed by atoms with Gasteiger partial charge in [0.2, 0.25) is 0 Å². The molecule has 0 radical (unpaired) electrons. The highest BCUT2D eigenvalue weighted by molar-refractivity contribution is 5.12. The topological polar surface area (TPSA) is 59.9 Å². The Morgan fingerprint density at radius 2 is 2.06 bits per heavy atom. The Balaban J connectivity index is 2.09. The standard InChI is InChI=1S/C11H18N4O/c1-3-9-10(4-2)14-15-11(13-9)16-8-5-6-12-7-8/h8,12H,3-7H2,1-2H3. The molecule has 0 bridgehead atoms. The van der Waals surface area contributed by atoms with Gasteiger partial charge in [0.15, 0.2) is 0 Å². The summed E-state index contributed by atoms with van der Waals surface area (Å²) in [5, 5.41) is 11.4. The van der Waals surface area contributed by atoms with Gasteiger partial charge >= 0.3 is 6.01 Å². The zero-order valence-electron chi connectivity index (χ0n) is 9.86. The van der Waals surface area contributed by atoms with E-state index in [1.807, 2.05) is 0 Å². The van der Waals surface area contributed by atoms with Crippen LogP contribution in [-0.4, -0.2) is 34.4 Å². The summed E-state index contributed by atoms with van der Waals surface area (Å²) in [6.45, 7) is 6.02. The minimum Gasteiger partial charge on any atom is -0.458 e. The van der Waals surface area contributed by atoms with Crippen molar-refractivity contribution in [3.8, 4) is 6.01 Å². The molecule has 0 aliphatic carbocycles. The van der Waals surface area contributed by atoms with Gasteiger partial charge in [0.25, 0.3) is 0 Å². The van der Waals surface area contributed by atoms with Gasteiger partial charge in [-0.2, -0.15) is 4.98 Å². The lowest BCUT2D eigenvalue weighted by atomic mass is 10.2. The van der Waals surface area contributed by atoms with Crippen LogP contribution in [0.4, 0.5) is 0 Å². The third-order valence-electron chi connectivity index (χ3n) is 2.78. The molecule has 5 heteroatoms. The van der Waals surface area contributed by atoms with E-state index in [1.54, 1.807) is 0 Å². The highest BCUT2D eigenvalue weighted by Gasteiger charge is 2.18. The smallest absolute Gasteiger partial charge is 0.336 e. The molecule has 1 aliphatic rings. The predicted molar refractivity (Wildman–Crippen MR) is 60.5 cm³/mol. The summed E-state index contributed by atoms with van der Waals surface area (Å²) in [6, 6.07) is 0.419. The second-order valence-electron chi connectivity index (χ2n) is 3.93. The van der Waals surface area contributed by atoms with Crippen LogP contribution >= 0.6 is 0 Å². The number of aromatic nitrogens is 3. The van der Waals surface area contributed by atoms with Crippen LogP contribution in [0, 0.1) is 0 Å². The normalized spacial score (nSPS) is 20.0. The number of nitrogens with one attached hydrogen (secondary N) is 1. The van der Waals surface area contributed by atoms with E-state index in [4.69, 9.17) is 4.74 Å². The minimum atomic E-state index is 0.194. The van der Waals surface area contributed by atoms with E-state index >= 15 is 0 Å². The van der Waals surface area contributed by atoms with Crippen LogP contribution in [0.25, 0.3) is 0 Å². The number of hydrogen-bond acceptors (Lipinski definition) is 5. The summed E-state index contributed by atoms with van der Waals surface area (Å²) >= 11 is 0. The third kappa shape index (κ3) is 2.47. The average molecular weight is 222 g/mol. The molecule has 0 spiro atoms. The Hall–Kier alpha value is -1.23. The zero-order chi connectivity index (χ0) is 11.4. The van der Waals surface area contributed by atoms with Gasteiger partial charge in [-0.25, -0.2) is 0 Å². The fourth-order valence-corrected chi connectivity index (χ4v) is 1.85. The van der Waals surface area contributed by atoms with Gasteiger partial charge in [-0.1, -0.05) is 18.9 Å². The number of rotatable bonds is 4. The molecule has 0 saturated carbocycles. The van der Waals surface area contributed by atoms with Gasteiger partial charge in [-0.15, -0.1) is 5.10 Å². The molecule has 2 rings (SSSR count). The van der Waals surface area contributed by atoms with Crippen LogP contribution in [0.3, 0.4) is 0 Å². The molecule has 16 heavy (non-hydrogen) atoms. The van der Waals surface area contributed by atoms with E-state index in [0.717, 1.165) is 43.7 Å². The monoisotopic (exact) mass is 222 g/mol. The summed E-state index contributed by atoms with van der Waals surface area (Å²) in [5.41, 5.74) is 1.97. The van der Waals surface area contributed by atoms with Crippen LogP contribution < -0.4 is 10.1 Å². The van der Waals surface area contributed by atoms with Crippen molar-refractivity contribution >= 4 is 0 Å². The molecule has 1 aromatic heterocycles. The maximum Gasteiger partial charge on any atom is 0.336 e. The van der Waals surface area contributed by atoms with E-state index in [-0.39, 0.29) is 6.10 Å². The van der Waals surface area contributed by atoms with Gasteiger partial charge in [-0.05, 0) is 25.8 Å². The molecule has 88 valence electrons. The van der Waals surface area contributed by atoms with Gasteiger partial charge < -0.3 is 10.1 Å². The lowest BCUT2D eigenvalue weighted by molar-refractivity contribution is 0.200. The number of nitrogens with zero attached hydrogens (tertiary/aromatic N) is 3. The second kappa shape index (κ2) is 5.21. The van der Waals surface area contributed by atoms with E-state index in [2.05, 4.69) is 34.3 Å². The summed E-state index contributed by atoms with van der Waals surface area (Å²) in [7, 11) is 0. The van der Waals surface area contributed by atoms with Gasteiger partial charge in [0.05, 0.1) is 11.4 Å². The number of hydrogen-bond donors (Lipinski definition) is 1. The van der Waals surface area contributed by atoms with E-state index in [9.17, 15) is 0 Å². The maximum atomic E-state index is 5.67. The average Bonchev–Trinajstić information content (AvgIpc) is 2.81. The summed E-state index contributed by atoms with van der Waals surface area (Å²) < 4.78 is 5.67. The molecule has 2 heterocycles. The Labute approximate surface area is 95.6 Å². The molecule has 5 nitrogen and oxygen atoms in total. The number of ether oxygens (including phenoxy) is 1. The van der Waals surface area contributed by atoms with Crippen molar-refractivity contribution in [3.05, 3.63) is 11.4 Å². The van der Waals surface area contributed by atoms with Crippen LogP contribution in [-0.2, 0) is 12.8 Å². The fourth-order valence-electron chi connectivity index (χ4n) is 1.85. The highest BCUT2D eigenvalue weighted by Crippen LogP contribution is 2.11. The Morgan fingerprint density at radius 3 is 2.69 bits per heavy atom. The second-order valence-corrected chi connectivity index (χ2v) is 3.93. The summed E-state index contributed by atoms with van der Waals surface area (Å²) in [5.74, 6) is 0. The molecule has 1 unspecified atom stereocenters. The lowest BCUT2D eigenvalue weighted by Gasteiger charge is -2.11. The molecule has 1 saturated heterocycles. The van der Waals surface area contributed by atoms with Crippen molar-refractivity contribution in [3.63, 3.8) is 0 Å². The summed E-state index contributed by atoms with van der Waals surface area (Å²) in [6.07, 6.45) is 2.95. The van der Waals surface area contributed by atoms with Gasteiger partial charge in [0, 0.05) is 6.54 Å². The maximum absolute atomic E-state index is 5.67. The first kappa shape index (κ1) is 11.3. The van der Waals surface area contributed by atoms with E-state index in [0.29, 0.717) is 6.01 Å². The van der Waals surface area contributed by atoms with Crippen molar-refractivity contribution in [1.29, 1.82) is 0 Å². The largest absolute Gasteiger partial charge is 0.458 e. The number of aryl methyl sites for hydroxylation is 2. The van der Waals surface area contributed by atoms with Gasteiger partial charge in [-0.3, -0.25) is 0 Å². The minimum absolute atomic E-state index is 0.194. The molecular weight excluding hydrogens is 204 g/mol. The van der Waals surface area contributed by atoms with Crippen molar-refractivity contribution in [1.82, 2.24) is 20.5 Å². The van der Waals surface area contributed by atoms with Gasteiger partial charge in [0.1, 0.15) is 6.10 Å². The first-order valence-corrected chi connectivity index (χ1v) is 5.93. The van der Waals surface area contributed by atoms with Crippen LogP contribution in [0.1, 0.15) is 31.7 Å². The van der Waals surface area contributed by atoms with E-state index in [1.165, 1.54) is 0 Å². The molecule has 0 amide bonds. The quantitative estimate of drug-likeness (QED) is 0.814. The SMILES string of the molecule is CCc1nnc(OC2CCNC2)nc1CC. The van der Waals surface area contributed by atoms with Crippen LogP contribution in [0.15, 0.2) is 0 Å². The first-order valence-electron chi connectivity index (χ1n) is 5.93. The van der Waals surface area contributed by atoms with Crippen molar-refractivity contribution in [2.24, 2.45) is 0 Å². The van der Waals surface area contributed by atoms with Crippen molar-refractivity contribution < 1.29 is 4.74 Å². The molecule has 1 N–H and O–H groups in total. The molecule has 0 aromatic carbocycles. The summed E-state index contributed by atoms with van der Waals surface area (Å²) in [4.78, 5) is 4.40. The Bertz CT molecular complexity index is 350. The molecule has 1 atom stereocenters. The Morgan fingerprint density at radius 1 is 1.25 bits per heavy atom. The predicted octanol–water partition coefficient (Wildman–Crippen LogP) is 0.737. The van der Waals surface area contributed by atoms with Crippen LogP contribution in [0.2, 0.25) is 0 Å². The van der Waals surface area contributed by atoms with Crippen LogP contribution in [0.5, 0.6) is 6.01 Å². The molecule has 1 aromatic rings.